The summed E-state index contributed by atoms with van der Waals surface area (Å²) >= 11 is 1.57. The van der Waals surface area contributed by atoms with Crippen molar-refractivity contribution in [2.75, 3.05) is 0 Å². The van der Waals surface area contributed by atoms with Gasteiger partial charge in [0.15, 0.2) is 0 Å². The average Bonchev–Trinajstić information content (AvgIpc) is 3.11. The molecule has 126 valence electrons. The number of hydrogen-bond donors (Lipinski definition) is 0. The highest BCUT2D eigenvalue weighted by atomic mass is 32.1. The van der Waals surface area contributed by atoms with Crippen LogP contribution in [0, 0.1) is 0 Å². The Balaban J connectivity index is 1.68. The molecular formula is C17H20N4O2S. The summed E-state index contributed by atoms with van der Waals surface area (Å²) in [5, 5.41) is 7.24. The molecular weight excluding hydrogens is 324 g/mol. The molecule has 3 aromatic rings. The van der Waals surface area contributed by atoms with Crippen LogP contribution in [0.2, 0.25) is 0 Å². The van der Waals surface area contributed by atoms with Gasteiger partial charge in [-0.05, 0) is 50.6 Å². The van der Waals surface area contributed by atoms with Gasteiger partial charge in [0.1, 0.15) is 23.2 Å². The fourth-order valence-electron chi connectivity index (χ4n) is 3.76. The van der Waals surface area contributed by atoms with Gasteiger partial charge in [-0.25, -0.2) is 4.68 Å². The maximum atomic E-state index is 12.7. The lowest BCUT2D eigenvalue weighted by Gasteiger charge is -2.39. The Morgan fingerprint density at radius 3 is 2.83 bits per heavy atom. The molecule has 1 fully saturated rings. The molecule has 0 aliphatic carbocycles. The van der Waals surface area contributed by atoms with Crippen LogP contribution in [-0.4, -0.2) is 37.1 Å². The molecule has 0 spiro atoms. The van der Waals surface area contributed by atoms with Crippen molar-refractivity contribution >= 4 is 33.0 Å². The number of carbonyl (C=O) groups is 1. The predicted octanol–water partition coefficient (Wildman–Crippen LogP) is 2.50. The highest BCUT2D eigenvalue weighted by Gasteiger charge is 2.29. The first-order chi connectivity index (χ1) is 11.6. The van der Waals surface area contributed by atoms with Crippen LogP contribution in [-0.2, 0) is 11.3 Å². The molecule has 0 radical (unpaired) electrons. The third kappa shape index (κ3) is 2.34. The normalized spacial score (nSPS) is 21.7. The van der Waals surface area contributed by atoms with E-state index < -0.39 is 0 Å². The minimum Gasteiger partial charge on any atom is -0.336 e. The van der Waals surface area contributed by atoms with E-state index in [1.807, 2.05) is 22.4 Å². The van der Waals surface area contributed by atoms with Crippen molar-refractivity contribution in [3.8, 4) is 0 Å². The highest BCUT2D eigenvalue weighted by Crippen LogP contribution is 2.24. The van der Waals surface area contributed by atoms with Crippen LogP contribution < -0.4 is 5.56 Å². The topological polar surface area (TPSA) is 59.6 Å². The number of carbonyl (C=O) groups excluding carboxylic acids is 1. The van der Waals surface area contributed by atoms with Gasteiger partial charge >= 0.3 is 0 Å². The molecule has 0 saturated carbocycles. The van der Waals surface area contributed by atoms with Gasteiger partial charge in [-0.2, -0.15) is 5.10 Å². The van der Waals surface area contributed by atoms with Crippen LogP contribution in [0.4, 0.5) is 0 Å². The van der Waals surface area contributed by atoms with Crippen molar-refractivity contribution in [1.29, 1.82) is 0 Å². The van der Waals surface area contributed by atoms with E-state index in [1.165, 1.54) is 4.68 Å². The van der Waals surface area contributed by atoms with Gasteiger partial charge in [0, 0.05) is 17.5 Å². The number of piperidine rings is 1. The van der Waals surface area contributed by atoms with Crippen LogP contribution in [0.25, 0.3) is 15.7 Å². The third-order valence-electron chi connectivity index (χ3n) is 4.97. The summed E-state index contributed by atoms with van der Waals surface area (Å²) in [4.78, 5) is 28.3. The summed E-state index contributed by atoms with van der Waals surface area (Å²) in [6.07, 6.45) is 4.82. The van der Waals surface area contributed by atoms with Crippen LogP contribution in [0.1, 0.15) is 33.1 Å². The zero-order valence-electron chi connectivity index (χ0n) is 13.8. The molecule has 4 heterocycles. The molecule has 2 unspecified atom stereocenters. The Bertz CT molecular complexity index is 960. The Kier molecular flexibility index (Phi) is 3.68. The van der Waals surface area contributed by atoms with Gasteiger partial charge < -0.3 is 4.90 Å². The molecule has 0 bridgehead atoms. The molecule has 1 amide bonds. The number of amides is 1. The lowest BCUT2D eigenvalue weighted by molar-refractivity contribution is -0.138. The van der Waals surface area contributed by atoms with E-state index in [-0.39, 0.29) is 30.1 Å². The number of thiophene rings is 1. The van der Waals surface area contributed by atoms with E-state index in [1.54, 1.807) is 22.1 Å². The van der Waals surface area contributed by atoms with Crippen molar-refractivity contribution in [1.82, 2.24) is 19.1 Å². The number of rotatable bonds is 2. The summed E-state index contributed by atoms with van der Waals surface area (Å²) in [5.41, 5.74) is 0.353. The molecule has 24 heavy (non-hydrogen) atoms. The number of fused-ring (bicyclic) bond motifs is 3. The predicted molar refractivity (Wildman–Crippen MR) is 94.5 cm³/mol. The van der Waals surface area contributed by atoms with Crippen molar-refractivity contribution in [2.45, 2.75) is 51.7 Å². The SMILES string of the molecule is CC1CCCC(C)N1C(=O)Cn1ncn2c(cc3ccsc32)c1=O. The average molecular weight is 344 g/mol. The van der Waals surface area contributed by atoms with Gasteiger partial charge in [-0.15, -0.1) is 11.3 Å². The maximum Gasteiger partial charge on any atom is 0.291 e. The summed E-state index contributed by atoms with van der Waals surface area (Å²) in [6.45, 7) is 4.16. The molecule has 1 aliphatic rings. The first-order valence-electron chi connectivity index (χ1n) is 8.32. The maximum absolute atomic E-state index is 12.7. The minimum atomic E-state index is -0.216. The molecule has 4 rings (SSSR count). The molecule has 1 aliphatic heterocycles. The highest BCUT2D eigenvalue weighted by molar-refractivity contribution is 7.16. The molecule has 3 aromatic heterocycles. The molecule has 0 aromatic carbocycles. The second kappa shape index (κ2) is 5.73. The number of nitrogens with zero attached hydrogens (tertiary/aromatic N) is 4. The quantitative estimate of drug-likeness (QED) is 0.718. The monoisotopic (exact) mass is 344 g/mol. The van der Waals surface area contributed by atoms with Crippen molar-refractivity contribution in [3.05, 3.63) is 34.2 Å². The van der Waals surface area contributed by atoms with Gasteiger partial charge in [0.25, 0.3) is 5.56 Å². The van der Waals surface area contributed by atoms with E-state index in [0.29, 0.717) is 5.52 Å². The second-order valence-electron chi connectivity index (χ2n) is 6.60. The number of hydrogen-bond acceptors (Lipinski definition) is 4. The fourth-order valence-corrected chi connectivity index (χ4v) is 4.62. The summed E-state index contributed by atoms with van der Waals surface area (Å²) in [6, 6.07) is 4.29. The lowest BCUT2D eigenvalue weighted by atomic mass is 9.97. The largest absolute Gasteiger partial charge is 0.336 e. The Morgan fingerprint density at radius 1 is 1.33 bits per heavy atom. The van der Waals surface area contributed by atoms with Crippen molar-refractivity contribution in [2.24, 2.45) is 0 Å². The Morgan fingerprint density at radius 2 is 2.08 bits per heavy atom. The number of likely N-dealkylation sites (tertiary alicyclic amines) is 1. The van der Waals surface area contributed by atoms with E-state index in [9.17, 15) is 9.59 Å². The van der Waals surface area contributed by atoms with E-state index in [2.05, 4.69) is 18.9 Å². The van der Waals surface area contributed by atoms with Gasteiger partial charge in [-0.1, -0.05) is 0 Å². The third-order valence-corrected chi connectivity index (χ3v) is 5.90. The smallest absolute Gasteiger partial charge is 0.291 e. The molecule has 1 saturated heterocycles. The van der Waals surface area contributed by atoms with Gasteiger partial charge in [-0.3, -0.25) is 14.0 Å². The lowest BCUT2D eigenvalue weighted by Crippen LogP contribution is -2.49. The molecule has 2 atom stereocenters. The van der Waals surface area contributed by atoms with E-state index in [0.717, 1.165) is 29.5 Å². The van der Waals surface area contributed by atoms with E-state index >= 15 is 0 Å². The number of aromatic nitrogens is 3. The zero-order chi connectivity index (χ0) is 16.8. The van der Waals surface area contributed by atoms with Crippen molar-refractivity contribution < 1.29 is 4.79 Å². The standard InChI is InChI=1S/C17H20N4O2S/c1-11-4-3-5-12(2)21(11)15(22)9-20-16(23)14-8-13-6-7-24-17(13)19(14)10-18-20/h6-8,10-12H,3-5,9H2,1-2H3. The minimum absolute atomic E-state index is 0.00282. The Labute approximate surface area is 143 Å². The summed E-state index contributed by atoms with van der Waals surface area (Å²) in [7, 11) is 0. The summed E-state index contributed by atoms with van der Waals surface area (Å²) < 4.78 is 3.09. The van der Waals surface area contributed by atoms with Crippen LogP contribution >= 0.6 is 11.3 Å². The van der Waals surface area contributed by atoms with Crippen LogP contribution in [0.15, 0.2) is 28.6 Å². The van der Waals surface area contributed by atoms with Crippen LogP contribution in [0.5, 0.6) is 0 Å². The van der Waals surface area contributed by atoms with Gasteiger partial charge in [0.05, 0.1) is 0 Å². The van der Waals surface area contributed by atoms with Gasteiger partial charge in [0.2, 0.25) is 5.91 Å². The zero-order valence-corrected chi connectivity index (χ0v) is 14.6. The first-order valence-corrected chi connectivity index (χ1v) is 9.20. The second-order valence-corrected chi connectivity index (χ2v) is 7.50. The Hall–Kier alpha value is -2.15. The molecule has 0 N–H and O–H groups in total. The van der Waals surface area contributed by atoms with Crippen molar-refractivity contribution in [3.63, 3.8) is 0 Å². The summed E-state index contributed by atoms with van der Waals surface area (Å²) in [5.74, 6) is -0.0259. The fraction of sp³-hybridized carbons (Fsp3) is 0.471. The first kappa shape index (κ1) is 15.4. The van der Waals surface area contributed by atoms with Crippen LogP contribution in [0.3, 0.4) is 0 Å². The molecule has 7 heteroatoms. The molecule has 6 nitrogen and oxygen atoms in total. The van der Waals surface area contributed by atoms with E-state index in [4.69, 9.17) is 0 Å².